The maximum absolute atomic E-state index is 11.2. The van der Waals surface area contributed by atoms with Crippen molar-refractivity contribution >= 4 is 11.7 Å². The van der Waals surface area contributed by atoms with Crippen molar-refractivity contribution in [2.45, 2.75) is 20.3 Å². The van der Waals surface area contributed by atoms with Crippen LogP contribution in [-0.2, 0) is 16.0 Å². The van der Waals surface area contributed by atoms with Crippen molar-refractivity contribution < 1.29 is 9.53 Å². The van der Waals surface area contributed by atoms with Crippen molar-refractivity contribution in [1.82, 2.24) is 0 Å². The van der Waals surface area contributed by atoms with Gasteiger partial charge in [0.2, 0.25) is 0 Å². The Hall–Kier alpha value is -1.51. The van der Waals surface area contributed by atoms with Crippen molar-refractivity contribution in [3.63, 3.8) is 0 Å². The molecule has 16 heavy (non-hydrogen) atoms. The van der Waals surface area contributed by atoms with E-state index in [0.29, 0.717) is 6.54 Å². The zero-order chi connectivity index (χ0) is 12.0. The standard InChI is InChI=1S/C13H19NO2/c1-4-11-7-5-6-8-12(11)14-9-10(2)13(15)16-3/h5-8,10,14H,4,9H2,1-3H3. The summed E-state index contributed by atoms with van der Waals surface area (Å²) in [7, 11) is 1.42. The number of benzene rings is 1. The first kappa shape index (κ1) is 12.6. The van der Waals surface area contributed by atoms with Crippen LogP contribution in [0.2, 0.25) is 0 Å². The second kappa shape index (κ2) is 6.16. The zero-order valence-corrected chi connectivity index (χ0v) is 10.1. The number of aryl methyl sites for hydroxylation is 1. The van der Waals surface area contributed by atoms with Crippen molar-refractivity contribution in [2.75, 3.05) is 19.0 Å². The number of esters is 1. The molecule has 1 aromatic rings. The van der Waals surface area contributed by atoms with Crippen molar-refractivity contribution in [3.05, 3.63) is 29.8 Å². The highest BCUT2D eigenvalue weighted by atomic mass is 16.5. The number of ether oxygens (including phenoxy) is 1. The molecule has 0 aliphatic heterocycles. The number of hydrogen-bond donors (Lipinski definition) is 1. The summed E-state index contributed by atoms with van der Waals surface area (Å²) < 4.78 is 4.68. The molecule has 0 saturated heterocycles. The van der Waals surface area contributed by atoms with E-state index in [4.69, 9.17) is 0 Å². The third kappa shape index (κ3) is 3.26. The van der Waals surface area contributed by atoms with Crippen LogP contribution in [-0.4, -0.2) is 19.6 Å². The molecule has 0 aliphatic rings. The summed E-state index contributed by atoms with van der Waals surface area (Å²) in [5, 5.41) is 3.28. The van der Waals surface area contributed by atoms with E-state index >= 15 is 0 Å². The van der Waals surface area contributed by atoms with E-state index in [1.807, 2.05) is 25.1 Å². The number of para-hydroxylation sites is 1. The molecule has 0 spiro atoms. The van der Waals surface area contributed by atoms with Gasteiger partial charge in [0.15, 0.2) is 0 Å². The second-order valence-electron chi connectivity index (χ2n) is 3.82. The van der Waals surface area contributed by atoms with Crippen LogP contribution in [0.1, 0.15) is 19.4 Å². The van der Waals surface area contributed by atoms with E-state index < -0.39 is 0 Å². The molecule has 0 amide bonds. The Bertz CT molecular complexity index is 350. The highest BCUT2D eigenvalue weighted by Gasteiger charge is 2.12. The Morgan fingerprint density at radius 1 is 1.44 bits per heavy atom. The van der Waals surface area contributed by atoms with Gasteiger partial charge in [-0.3, -0.25) is 4.79 Å². The molecule has 1 rings (SSSR count). The van der Waals surface area contributed by atoms with Crippen LogP contribution in [0, 0.1) is 5.92 Å². The quantitative estimate of drug-likeness (QED) is 0.776. The lowest BCUT2D eigenvalue weighted by Gasteiger charge is -2.14. The SMILES string of the molecule is CCc1ccccc1NCC(C)C(=O)OC. The predicted molar refractivity (Wildman–Crippen MR) is 65.5 cm³/mol. The lowest BCUT2D eigenvalue weighted by atomic mass is 10.1. The van der Waals surface area contributed by atoms with E-state index in [2.05, 4.69) is 23.0 Å². The molecule has 3 heteroatoms. The Morgan fingerprint density at radius 2 is 2.12 bits per heavy atom. The Labute approximate surface area is 96.8 Å². The van der Waals surface area contributed by atoms with Crippen molar-refractivity contribution in [3.8, 4) is 0 Å². The van der Waals surface area contributed by atoms with Crippen LogP contribution in [0.4, 0.5) is 5.69 Å². The molecule has 1 N–H and O–H groups in total. The van der Waals surface area contributed by atoms with Gasteiger partial charge in [0.05, 0.1) is 13.0 Å². The van der Waals surface area contributed by atoms with Crippen LogP contribution in [0.25, 0.3) is 0 Å². The van der Waals surface area contributed by atoms with Gasteiger partial charge in [-0.25, -0.2) is 0 Å². The number of methoxy groups -OCH3 is 1. The maximum atomic E-state index is 11.2. The van der Waals surface area contributed by atoms with Gasteiger partial charge in [-0.1, -0.05) is 32.0 Å². The molecule has 0 heterocycles. The molecule has 1 aromatic carbocycles. The van der Waals surface area contributed by atoms with Gasteiger partial charge >= 0.3 is 5.97 Å². The van der Waals surface area contributed by atoms with Crippen molar-refractivity contribution in [1.29, 1.82) is 0 Å². The second-order valence-corrected chi connectivity index (χ2v) is 3.82. The van der Waals surface area contributed by atoms with Crippen LogP contribution in [0.5, 0.6) is 0 Å². The first-order chi connectivity index (χ1) is 7.69. The number of nitrogens with one attached hydrogen (secondary N) is 1. The normalized spacial score (nSPS) is 11.9. The summed E-state index contributed by atoms with van der Waals surface area (Å²) >= 11 is 0. The molecule has 0 aliphatic carbocycles. The summed E-state index contributed by atoms with van der Waals surface area (Å²) in [6.07, 6.45) is 0.982. The van der Waals surface area contributed by atoms with E-state index in [-0.39, 0.29) is 11.9 Å². The van der Waals surface area contributed by atoms with Crippen LogP contribution in [0.3, 0.4) is 0 Å². The summed E-state index contributed by atoms with van der Waals surface area (Å²) in [5.74, 6) is -0.309. The number of carbonyl (C=O) groups excluding carboxylic acids is 1. The summed E-state index contributed by atoms with van der Waals surface area (Å²) in [6, 6.07) is 8.13. The Morgan fingerprint density at radius 3 is 2.75 bits per heavy atom. The van der Waals surface area contributed by atoms with Crippen LogP contribution in [0.15, 0.2) is 24.3 Å². The zero-order valence-electron chi connectivity index (χ0n) is 10.1. The first-order valence-corrected chi connectivity index (χ1v) is 5.58. The predicted octanol–water partition coefficient (Wildman–Crippen LogP) is 2.47. The molecule has 0 fully saturated rings. The van der Waals surface area contributed by atoms with E-state index in [0.717, 1.165) is 12.1 Å². The largest absolute Gasteiger partial charge is 0.469 e. The lowest BCUT2D eigenvalue weighted by Crippen LogP contribution is -2.21. The highest BCUT2D eigenvalue weighted by Crippen LogP contribution is 2.15. The fraction of sp³-hybridized carbons (Fsp3) is 0.462. The monoisotopic (exact) mass is 221 g/mol. The van der Waals surface area contributed by atoms with E-state index in [9.17, 15) is 4.79 Å². The number of hydrogen-bond acceptors (Lipinski definition) is 3. The fourth-order valence-corrected chi connectivity index (χ4v) is 1.55. The van der Waals surface area contributed by atoms with Gasteiger partial charge in [0.1, 0.15) is 0 Å². The molecule has 0 saturated carbocycles. The number of rotatable bonds is 5. The number of carbonyl (C=O) groups is 1. The highest BCUT2D eigenvalue weighted by molar-refractivity contribution is 5.72. The smallest absolute Gasteiger partial charge is 0.310 e. The van der Waals surface area contributed by atoms with Gasteiger partial charge in [0, 0.05) is 12.2 Å². The lowest BCUT2D eigenvalue weighted by molar-refractivity contribution is -0.144. The fourth-order valence-electron chi connectivity index (χ4n) is 1.55. The van der Waals surface area contributed by atoms with Crippen LogP contribution >= 0.6 is 0 Å². The minimum absolute atomic E-state index is 0.130. The van der Waals surface area contributed by atoms with Gasteiger partial charge in [-0.2, -0.15) is 0 Å². The third-order valence-electron chi connectivity index (χ3n) is 2.60. The summed E-state index contributed by atoms with van der Waals surface area (Å²) in [4.78, 5) is 11.2. The molecule has 0 radical (unpaired) electrons. The molecular formula is C13H19NO2. The Balaban J connectivity index is 2.57. The van der Waals surface area contributed by atoms with Crippen LogP contribution < -0.4 is 5.32 Å². The molecular weight excluding hydrogens is 202 g/mol. The average Bonchev–Trinajstić information content (AvgIpc) is 2.35. The third-order valence-corrected chi connectivity index (χ3v) is 2.60. The topological polar surface area (TPSA) is 38.3 Å². The van der Waals surface area contributed by atoms with E-state index in [1.165, 1.54) is 12.7 Å². The molecule has 1 unspecified atom stereocenters. The minimum atomic E-state index is -0.179. The molecule has 0 bridgehead atoms. The molecule has 3 nitrogen and oxygen atoms in total. The minimum Gasteiger partial charge on any atom is -0.469 e. The maximum Gasteiger partial charge on any atom is 0.310 e. The average molecular weight is 221 g/mol. The summed E-state index contributed by atoms with van der Waals surface area (Å²) in [5.41, 5.74) is 2.36. The molecule has 88 valence electrons. The number of anilines is 1. The molecule has 1 atom stereocenters. The van der Waals surface area contributed by atoms with Gasteiger partial charge < -0.3 is 10.1 Å². The Kier molecular flexibility index (Phi) is 4.83. The van der Waals surface area contributed by atoms with Crippen molar-refractivity contribution in [2.24, 2.45) is 5.92 Å². The van der Waals surface area contributed by atoms with Gasteiger partial charge in [0.25, 0.3) is 0 Å². The first-order valence-electron chi connectivity index (χ1n) is 5.58. The van der Waals surface area contributed by atoms with E-state index in [1.54, 1.807) is 0 Å². The summed E-state index contributed by atoms with van der Waals surface area (Å²) in [6.45, 7) is 4.57. The molecule has 0 aromatic heterocycles. The van der Waals surface area contributed by atoms with Gasteiger partial charge in [-0.15, -0.1) is 0 Å². The van der Waals surface area contributed by atoms with Gasteiger partial charge in [-0.05, 0) is 18.1 Å².